The first-order chi connectivity index (χ1) is 8.13. The third kappa shape index (κ3) is 4.35. The lowest BCUT2D eigenvalue weighted by molar-refractivity contribution is 0.0677. The number of sulfonamides is 1. The summed E-state index contributed by atoms with van der Waals surface area (Å²) in [6.07, 6.45) is -0.734. The van der Waals surface area contributed by atoms with E-state index in [9.17, 15) is 13.5 Å². The molecule has 0 aliphatic heterocycles. The van der Waals surface area contributed by atoms with Crippen LogP contribution in [0.2, 0.25) is 0 Å². The normalized spacial score (nSPS) is 14.5. The highest BCUT2D eigenvalue weighted by atomic mass is 79.9. The summed E-state index contributed by atoms with van der Waals surface area (Å²) in [5.74, 6) is 0. The molecule has 0 aliphatic rings. The summed E-state index contributed by atoms with van der Waals surface area (Å²) in [6.45, 7) is 5.56. The van der Waals surface area contributed by atoms with Gasteiger partial charge >= 0.3 is 0 Å². The Kier molecular flexibility index (Phi) is 4.94. The zero-order valence-electron chi connectivity index (χ0n) is 10.6. The summed E-state index contributed by atoms with van der Waals surface area (Å²) in [6, 6.07) is 6.34. The Hall–Kier alpha value is -0.430. The monoisotopic (exact) mass is 335 g/mol. The van der Waals surface area contributed by atoms with Crippen LogP contribution in [-0.4, -0.2) is 26.2 Å². The molecular weight excluding hydrogens is 318 g/mol. The maximum Gasteiger partial charge on any atom is 0.240 e. The highest BCUT2D eigenvalue weighted by molar-refractivity contribution is 9.10. The average Bonchev–Trinajstić information content (AvgIpc) is 2.25. The number of aliphatic hydroxyl groups excluding tert-OH is 1. The van der Waals surface area contributed by atoms with Gasteiger partial charge in [0.2, 0.25) is 10.0 Å². The summed E-state index contributed by atoms with van der Waals surface area (Å²) in [5, 5.41) is 9.81. The van der Waals surface area contributed by atoms with Crippen molar-refractivity contribution >= 4 is 26.0 Å². The van der Waals surface area contributed by atoms with Crippen LogP contribution < -0.4 is 4.72 Å². The zero-order chi connectivity index (χ0) is 14.0. The van der Waals surface area contributed by atoms with Gasteiger partial charge in [0, 0.05) is 11.0 Å². The van der Waals surface area contributed by atoms with Gasteiger partial charge in [-0.3, -0.25) is 0 Å². The molecule has 18 heavy (non-hydrogen) atoms. The van der Waals surface area contributed by atoms with Crippen LogP contribution in [0.25, 0.3) is 0 Å². The molecule has 0 saturated heterocycles. The van der Waals surface area contributed by atoms with Gasteiger partial charge in [0.15, 0.2) is 0 Å². The summed E-state index contributed by atoms with van der Waals surface area (Å²) >= 11 is 3.25. The molecule has 1 unspecified atom stereocenters. The molecule has 0 amide bonds. The van der Waals surface area contributed by atoms with E-state index in [2.05, 4.69) is 20.7 Å². The van der Waals surface area contributed by atoms with Crippen LogP contribution in [0.4, 0.5) is 0 Å². The maximum atomic E-state index is 11.9. The quantitative estimate of drug-likeness (QED) is 0.885. The minimum Gasteiger partial charge on any atom is -0.391 e. The molecule has 1 atom stereocenters. The van der Waals surface area contributed by atoms with Crippen LogP contribution in [0.3, 0.4) is 0 Å². The first kappa shape index (κ1) is 15.6. The van der Waals surface area contributed by atoms with Gasteiger partial charge in [0.1, 0.15) is 0 Å². The lowest BCUT2D eigenvalue weighted by atomic mass is 9.89. The number of nitrogens with one attached hydrogen (secondary N) is 1. The lowest BCUT2D eigenvalue weighted by Gasteiger charge is -2.25. The Morgan fingerprint density at radius 3 is 2.22 bits per heavy atom. The Morgan fingerprint density at radius 2 is 1.78 bits per heavy atom. The van der Waals surface area contributed by atoms with Crippen molar-refractivity contribution in [2.45, 2.75) is 31.8 Å². The molecule has 1 aromatic rings. The van der Waals surface area contributed by atoms with Crippen LogP contribution in [0.1, 0.15) is 20.8 Å². The standard InChI is InChI=1S/C12H18BrNO3S/c1-12(2,3)11(15)8-14-18(16,17)10-6-4-9(13)5-7-10/h4-7,11,14-15H,8H2,1-3H3. The molecule has 4 nitrogen and oxygen atoms in total. The number of hydrogen-bond donors (Lipinski definition) is 2. The SMILES string of the molecule is CC(C)(C)C(O)CNS(=O)(=O)c1ccc(Br)cc1. The molecule has 0 radical (unpaired) electrons. The van der Waals surface area contributed by atoms with Gasteiger partial charge in [-0.2, -0.15) is 0 Å². The van der Waals surface area contributed by atoms with Gasteiger partial charge < -0.3 is 5.11 Å². The van der Waals surface area contributed by atoms with Gasteiger partial charge in [-0.05, 0) is 29.7 Å². The maximum absolute atomic E-state index is 11.9. The van der Waals surface area contributed by atoms with Crippen molar-refractivity contribution in [1.29, 1.82) is 0 Å². The number of halogens is 1. The fourth-order valence-electron chi connectivity index (χ4n) is 1.19. The van der Waals surface area contributed by atoms with E-state index in [-0.39, 0.29) is 16.9 Å². The second-order valence-electron chi connectivity index (χ2n) is 5.19. The summed E-state index contributed by atoms with van der Waals surface area (Å²) in [7, 11) is -3.56. The van der Waals surface area contributed by atoms with E-state index in [1.54, 1.807) is 12.1 Å². The van der Waals surface area contributed by atoms with E-state index < -0.39 is 16.1 Å². The van der Waals surface area contributed by atoms with Crippen molar-refractivity contribution in [3.63, 3.8) is 0 Å². The van der Waals surface area contributed by atoms with Gasteiger partial charge in [-0.15, -0.1) is 0 Å². The highest BCUT2D eigenvalue weighted by Gasteiger charge is 2.24. The fourth-order valence-corrected chi connectivity index (χ4v) is 2.49. The minimum absolute atomic E-state index is 0.00188. The van der Waals surface area contributed by atoms with Crippen molar-refractivity contribution in [3.8, 4) is 0 Å². The molecule has 0 aromatic heterocycles. The minimum atomic E-state index is -3.56. The zero-order valence-corrected chi connectivity index (χ0v) is 13.0. The first-order valence-corrected chi connectivity index (χ1v) is 7.84. The Bertz CT molecular complexity index is 491. The van der Waals surface area contributed by atoms with Crippen LogP contribution in [-0.2, 0) is 10.0 Å². The van der Waals surface area contributed by atoms with E-state index in [4.69, 9.17) is 0 Å². The molecule has 6 heteroatoms. The van der Waals surface area contributed by atoms with Gasteiger partial charge in [-0.1, -0.05) is 36.7 Å². The smallest absolute Gasteiger partial charge is 0.240 e. The Morgan fingerprint density at radius 1 is 1.28 bits per heavy atom. The fraction of sp³-hybridized carbons (Fsp3) is 0.500. The molecule has 1 aromatic carbocycles. The van der Waals surface area contributed by atoms with Crippen molar-refractivity contribution in [2.75, 3.05) is 6.54 Å². The average molecular weight is 336 g/mol. The first-order valence-electron chi connectivity index (χ1n) is 5.56. The van der Waals surface area contributed by atoms with E-state index in [1.165, 1.54) is 12.1 Å². The van der Waals surface area contributed by atoms with E-state index >= 15 is 0 Å². The van der Waals surface area contributed by atoms with Crippen LogP contribution in [0.15, 0.2) is 33.6 Å². The topological polar surface area (TPSA) is 66.4 Å². The summed E-state index contributed by atoms with van der Waals surface area (Å²) in [4.78, 5) is 0.187. The molecule has 0 bridgehead atoms. The predicted octanol–water partition coefficient (Wildman–Crippen LogP) is 2.13. The second-order valence-corrected chi connectivity index (χ2v) is 7.87. The number of benzene rings is 1. The molecule has 0 fully saturated rings. The lowest BCUT2D eigenvalue weighted by Crippen LogP contribution is -2.39. The van der Waals surface area contributed by atoms with Crippen LogP contribution >= 0.6 is 15.9 Å². The van der Waals surface area contributed by atoms with Crippen molar-refractivity contribution in [2.24, 2.45) is 5.41 Å². The summed E-state index contributed by atoms with van der Waals surface area (Å²) in [5.41, 5.74) is -0.359. The third-order valence-corrected chi connectivity index (χ3v) is 4.56. The molecule has 0 aliphatic carbocycles. The molecule has 0 heterocycles. The summed E-state index contributed by atoms with van der Waals surface area (Å²) < 4.78 is 27.1. The number of hydrogen-bond acceptors (Lipinski definition) is 3. The van der Waals surface area contributed by atoms with Crippen molar-refractivity contribution in [3.05, 3.63) is 28.7 Å². The van der Waals surface area contributed by atoms with Crippen molar-refractivity contribution < 1.29 is 13.5 Å². The molecule has 102 valence electrons. The molecule has 2 N–H and O–H groups in total. The number of aliphatic hydroxyl groups is 1. The van der Waals surface area contributed by atoms with Crippen LogP contribution in [0, 0.1) is 5.41 Å². The Labute approximate surface area is 117 Å². The second kappa shape index (κ2) is 5.69. The van der Waals surface area contributed by atoms with Crippen molar-refractivity contribution in [1.82, 2.24) is 4.72 Å². The molecular formula is C12H18BrNO3S. The third-order valence-electron chi connectivity index (χ3n) is 2.59. The van der Waals surface area contributed by atoms with E-state index in [1.807, 2.05) is 20.8 Å². The van der Waals surface area contributed by atoms with E-state index in [0.717, 1.165) is 4.47 Å². The largest absolute Gasteiger partial charge is 0.391 e. The predicted molar refractivity (Wildman–Crippen MR) is 74.8 cm³/mol. The molecule has 1 rings (SSSR count). The van der Waals surface area contributed by atoms with Gasteiger partial charge in [0.05, 0.1) is 11.0 Å². The molecule has 0 spiro atoms. The number of rotatable bonds is 4. The Balaban J connectivity index is 2.75. The highest BCUT2D eigenvalue weighted by Crippen LogP contribution is 2.19. The van der Waals surface area contributed by atoms with Gasteiger partial charge in [-0.25, -0.2) is 13.1 Å². The van der Waals surface area contributed by atoms with Gasteiger partial charge in [0.25, 0.3) is 0 Å². The van der Waals surface area contributed by atoms with Crippen LogP contribution in [0.5, 0.6) is 0 Å². The molecule has 0 saturated carbocycles. The van der Waals surface area contributed by atoms with E-state index in [0.29, 0.717) is 0 Å².